The van der Waals surface area contributed by atoms with Crippen molar-refractivity contribution in [2.75, 3.05) is 19.6 Å². The van der Waals surface area contributed by atoms with E-state index in [-0.39, 0.29) is 11.9 Å². The Kier molecular flexibility index (Phi) is 5.59. The molecule has 0 bridgehead atoms. The smallest absolute Gasteiger partial charge is 0.234 e. The Hall–Kier alpha value is -1.78. The van der Waals surface area contributed by atoms with Crippen LogP contribution in [0.2, 0.25) is 5.02 Å². The van der Waals surface area contributed by atoms with E-state index in [9.17, 15) is 4.79 Å². The lowest BCUT2D eigenvalue weighted by Gasteiger charge is -2.37. The SMILES string of the molecule is CCCCNC(=O)CN1CCn2cccc2C1c1ccccc1Cl. The Morgan fingerprint density at radius 2 is 2.08 bits per heavy atom. The van der Waals surface area contributed by atoms with Crippen LogP contribution in [0.3, 0.4) is 0 Å². The van der Waals surface area contributed by atoms with Gasteiger partial charge in [0.25, 0.3) is 0 Å². The summed E-state index contributed by atoms with van der Waals surface area (Å²) < 4.78 is 2.25. The molecule has 1 aliphatic rings. The van der Waals surface area contributed by atoms with Crippen LogP contribution in [0.4, 0.5) is 0 Å². The van der Waals surface area contributed by atoms with Crippen molar-refractivity contribution in [3.8, 4) is 0 Å². The molecule has 5 heteroatoms. The number of nitrogens with zero attached hydrogens (tertiary/aromatic N) is 2. The van der Waals surface area contributed by atoms with Crippen LogP contribution >= 0.6 is 11.6 Å². The van der Waals surface area contributed by atoms with Crippen molar-refractivity contribution in [2.24, 2.45) is 0 Å². The summed E-state index contributed by atoms with van der Waals surface area (Å²) in [6.45, 7) is 4.99. The first-order chi connectivity index (χ1) is 11.7. The zero-order chi connectivity index (χ0) is 16.9. The molecule has 1 aromatic carbocycles. The fraction of sp³-hybridized carbons (Fsp3) is 0.421. The van der Waals surface area contributed by atoms with Gasteiger partial charge in [-0.15, -0.1) is 0 Å². The lowest BCUT2D eigenvalue weighted by Crippen LogP contribution is -2.44. The summed E-state index contributed by atoms with van der Waals surface area (Å²) in [7, 11) is 0. The van der Waals surface area contributed by atoms with Crippen molar-refractivity contribution in [2.45, 2.75) is 32.4 Å². The molecule has 0 fully saturated rings. The largest absolute Gasteiger partial charge is 0.355 e. The molecule has 0 saturated heterocycles. The number of carbonyl (C=O) groups excluding carboxylic acids is 1. The van der Waals surface area contributed by atoms with Crippen LogP contribution in [0.25, 0.3) is 0 Å². The van der Waals surface area contributed by atoms with Gasteiger partial charge in [-0.2, -0.15) is 0 Å². The van der Waals surface area contributed by atoms with Crippen molar-refractivity contribution in [3.05, 3.63) is 58.9 Å². The summed E-state index contributed by atoms with van der Waals surface area (Å²) in [4.78, 5) is 14.5. The molecule has 1 amide bonds. The minimum absolute atomic E-state index is 0.0133. The van der Waals surface area contributed by atoms with Crippen LogP contribution in [-0.4, -0.2) is 35.0 Å². The quantitative estimate of drug-likeness (QED) is 0.814. The molecule has 1 aliphatic heterocycles. The summed E-state index contributed by atoms with van der Waals surface area (Å²) in [5.74, 6) is 0.0838. The second kappa shape index (κ2) is 7.86. The number of aromatic nitrogens is 1. The van der Waals surface area contributed by atoms with Crippen LogP contribution in [0.15, 0.2) is 42.6 Å². The minimum atomic E-state index is 0.0133. The highest BCUT2D eigenvalue weighted by atomic mass is 35.5. The zero-order valence-electron chi connectivity index (χ0n) is 14.0. The predicted octanol–water partition coefficient (Wildman–Crippen LogP) is 3.46. The van der Waals surface area contributed by atoms with Gasteiger partial charge in [0.2, 0.25) is 5.91 Å². The Bertz CT molecular complexity index is 697. The van der Waals surface area contributed by atoms with Gasteiger partial charge in [0.15, 0.2) is 0 Å². The normalized spacial score (nSPS) is 17.5. The number of hydrogen-bond acceptors (Lipinski definition) is 2. The molecule has 0 saturated carbocycles. The highest BCUT2D eigenvalue weighted by Gasteiger charge is 2.31. The summed E-state index contributed by atoms with van der Waals surface area (Å²) in [5.41, 5.74) is 2.25. The molecule has 0 aliphatic carbocycles. The number of fused-ring (bicyclic) bond motifs is 1. The summed E-state index contributed by atoms with van der Waals surface area (Å²) in [6, 6.07) is 12.1. The van der Waals surface area contributed by atoms with E-state index >= 15 is 0 Å². The van der Waals surface area contributed by atoms with Gasteiger partial charge in [0, 0.05) is 36.5 Å². The van der Waals surface area contributed by atoms with Crippen LogP contribution < -0.4 is 5.32 Å². The van der Waals surface area contributed by atoms with Crippen molar-refractivity contribution in [3.63, 3.8) is 0 Å². The molecule has 0 radical (unpaired) electrons. The zero-order valence-corrected chi connectivity index (χ0v) is 14.8. The van der Waals surface area contributed by atoms with E-state index in [1.165, 1.54) is 5.69 Å². The third kappa shape index (κ3) is 3.65. The molecule has 1 N–H and O–H groups in total. The third-order valence-electron chi connectivity index (χ3n) is 4.54. The molecule has 2 aromatic rings. The standard InChI is InChI=1S/C19H24ClN3O/c1-2-3-10-21-18(24)14-23-13-12-22-11-6-9-17(22)19(23)15-7-4-5-8-16(15)20/h4-9,11,19H,2-3,10,12-14H2,1H3,(H,21,24). The highest BCUT2D eigenvalue weighted by Crippen LogP contribution is 2.35. The molecule has 1 unspecified atom stereocenters. The Morgan fingerprint density at radius 1 is 1.25 bits per heavy atom. The van der Waals surface area contributed by atoms with Gasteiger partial charge in [-0.25, -0.2) is 0 Å². The van der Waals surface area contributed by atoms with E-state index in [2.05, 4.69) is 46.1 Å². The number of carbonyl (C=O) groups is 1. The van der Waals surface area contributed by atoms with Crippen LogP contribution in [0.1, 0.15) is 37.1 Å². The molecule has 24 heavy (non-hydrogen) atoms. The van der Waals surface area contributed by atoms with E-state index in [0.717, 1.165) is 43.1 Å². The number of amides is 1. The van der Waals surface area contributed by atoms with E-state index in [1.807, 2.05) is 18.2 Å². The summed E-state index contributed by atoms with van der Waals surface area (Å²) >= 11 is 6.46. The van der Waals surface area contributed by atoms with Gasteiger partial charge < -0.3 is 9.88 Å². The number of nitrogens with one attached hydrogen (secondary N) is 1. The molecule has 1 atom stereocenters. The average molecular weight is 346 g/mol. The maximum Gasteiger partial charge on any atom is 0.234 e. The molecule has 0 spiro atoms. The van der Waals surface area contributed by atoms with Gasteiger partial charge in [-0.3, -0.25) is 9.69 Å². The first kappa shape index (κ1) is 17.1. The van der Waals surface area contributed by atoms with Gasteiger partial charge in [0.1, 0.15) is 0 Å². The maximum atomic E-state index is 12.3. The number of unbranched alkanes of at least 4 members (excludes halogenated alkanes) is 1. The molecule has 2 heterocycles. The number of rotatable bonds is 6. The van der Waals surface area contributed by atoms with Gasteiger partial charge in [-0.05, 0) is 30.2 Å². The van der Waals surface area contributed by atoms with Gasteiger partial charge >= 0.3 is 0 Å². The topological polar surface area (TPSA) is 37.3 Å². The number of hydrogen-bond donors (Lipinski definition) is 1. The Morgan fingerprint density at radius 3 is 2.88 bits per heavy atom. The lowest BCUT2D eigenvalue weighted by molar-refractivity contribution is -0.122. The van der Waals surface area contributed by atoms with Gasteiger partial charge in [-0.1, -0.05) is 43.1 Å². The summed E-state index contributed by atoms with van der Waals surface area (Å²) in [6.07, 6.45) is 4.19. The lowest BCUT2D eigenvalue weighted by atomic mass is 10.00. The van der Waals surface area contributed by atoms with Crippen LogP contribution in [0, 0.1) is 0 Å². The van der Waals surface area contributed by atoms with Crippen LogP contribution in [-0.2, 0) is 11.3 Å². The second-order valence-corrected chi connectivity index (χ2v) is 6.63. The predicted molar refractivity (Wildman–Crippen MR) is 97.2 cm³/mol. The monoisotopic (exact) mass is 345 g/mol. The van der Waals surface area contributed by atoms with E-state index < -0.39 is 0 Å². The number of halogens is 1. The molecule has 4 nitrogen and oxygen atoms in total. The minimum Gasteiger partial charge on any atom is -0.355 e. The molecular weight excluding hydrogens is 322 g/mol. The number of benzene rings is 1. The van der Waals surface area contributed by atoms with E-state index in [1.54, 1.807) is 0 Å². The maximum absolute atomic E-state index is 12.3. The first-order valence-electron chi connectivity index (χ1n) is 8.61. The molecule has 128 valence electrons. The highest BCUT2D eigenvalue weighted by molar-refractivity contribution is 6.31. The van der Waals surface area contributed by atoms with Crippen molar-refractivity contribution in [1.29, 1.82) is 0 Å². The molecular formula is C19H24ClN3O. The Labute approximate surface area is 148 Å². The third-order valence-corrected chi connectivity index (χ3v) is 4.88. The Balaban J connectivity index is 1.83. The van der Waals surface area contributed by atoms with Crippen molar-refractivity contribution < 1.29 is 4.79 Å². The molecule has 3 rings (SSSR count). The fourth-order valence-corrected chi connectivity index (χ4v) is 3.54. The summed E-state index contributed by atoms with van der Waals surface area (Å²) in [5, 5.41) is 3.76. The van der Waals surface area contributed by atoms with Crippen LogP contribution in [0.5, 0.6) is 0 Å². The van der Waals surface area contributed by atoms with E-state index in [4.69, 9.17) is 11.6 Å². The average Bonchev–Trinajstić information content (AvgIpc) is 3.04. The molecule has 1 aromatic heterocycles. The first-order valence-corrected chi connectivity index (χ1v) is 8.98. The van der Waals surface area contributed by atoms with E-state index in [0.29, 0.717) is 6.54 Å². The van der Waals surface area contributed by atoms with Crippen molar-refractivity contribution in [1.82, 2.24) is 14.8 Å². The fourth-order valence-electron chi connectivity index (χ4n) is 3.30. The van der Waals surface area contributed by atoms with Crippen molar-refractivity contribution >= 4 is 17.5 Å². The second-order valence-electron chi connectivity index (χ2n) is 6.22. The van der Waals surface area contributed by atoms with Gasteiger partial charge in [0.05, 0.1) is 12.6 Å².